The molecular weight excluding hydrogens is 252 g/mol. The van der Waals surface area contributed by atoms with E-state index in [2.05, 4.69) is 22.8 Å². The standard InChI is InChI=1S/C16H26N2O2/c1-4-7-17-8-10-18(11-9-17)13-14-12-15(19-2)5-6-16(14)20-3/h5-6,12H,4,7-11,13H2,1-3H3. The lowest BCUT2D eigenvalue weighted by Gasteiger charge is -2.34. The van der Waals surface area contributed by atoms with E-state index in [0.29, 0.717) is 0 Å². The highest BCUT2D eigenvalue weighted by molar-refractivity contribution is 5.40. The van der Waals surface area contributed by atoms with Crippen LogP contribution in [0.1, 0.15) is 18.9 Å². The van der Waals surface area contributed by atoms with Gasteiger partial charge < -0.3 is 14.4 Å². The van der Waals surface area contributed by atoms with Crippen molar-refractivity contribution in [2.45, 2.75) is 19.9 Å². The van der Waals surface area contributed by atoms with E-state index in [9.17, 15) is 0 Å². The van der Waals surface area contributed by atoms with Gasteiger partial charge in [0.05, 0.1) is 14.2 Å². The van der Waals surface area contributed by atoms with E-state index < -0.39 is 0 Å². The van der Waals surface area contributed by atoms with Crippen molar-refractivity contribution in [2.75, 3.05) is 46.9 Å². The monoisotopic (exact) mass is 278 g/mol. The van der Waals surface area contributed by atoms with Gasteiger partial charge in [-0.3, -0.25) is 4.90 Å². The first-order chi connectivity index (χ1) is 9.76. The van der Waals surface area contributed by atoms with Gasteiger partial charge in [0.15, 0.2) is 0 Å². The van der Waals surface area contributed by atoms with Gasteiger partial charge in [0, 0.05) is 38.3 Å². The fourth-order valence-corrected chi connectivity index (χ4v) is 2.73. The van der Waals surface area contributed by atoms with Crippen LogP contribution < -0.4 is 9.47 Å². The second-order valence-corrected chi connectivity index (χ2v) is 5.30. The molecule has 2 rings (SSSR count). The third-order valence-corrected chi connectivity index (χ3v) is 3.89. The molecule has 0 N–H and O–H groups in total. The zero-order valence-electron chi connectivity index (χ0n) is 12.9. The van der Waals surface area contributed by atoms with Crippen molar-refractivity contribution in [3.05, 3.63) is 23.8 Å². The molecule has 1 aromatic rings. The molecule has 20 heavy (non-hydrogen) atoms. The molecule has 1 aromatic carbocycles. The lowest BCUT2D eigenvalue weighted by atomic mass is 10.1. The van der Waals surface area contributed by atoms with Crippen molar-refractivity contribution in [1.29, 1.82) is 0 Å². The topological polar surface area (TPSA) is 24.9 Å². The summed E-state index contributed by atoms with van der Waals surface area (Å²) in [6.07, 6.45) is 1.24. The summed E-state index contributed by atoms with van der Waals surface area (Å²) in [5.41, 5.74) is 1.20. The first-order valence-electron chi connectivity index (χ1n) is 7.42. The molecule has 0 aliphatic carbocycles. The van der Waals surface area contributed by atoms with Crippen LogP contribution in [0.5, 0.6) is 11.5 Å². The number of methoxy groups -OCH3 is 2. The Bertz CT molecular complexity index is 415. The quantitative estimate of drug-likeness (QED) is 0.796. The Morgan fingerprint density at radius 2 is 1.70 bits per heavy atom. The summed E-state index contributed by atoms with van der Waals surface area (Å²) in [4.78, 5) is 5.03. The van der Waals surface area contributed by atoms with Gasteiger partial charge in [0.1, 0.15) is 11.5 Å². The van der Waals surface area contributed by atoms with Crippen molar-refractivity contribution in [3.8, 4) is 11.5 Å². The van der Waals surface area contributed by atoms with Gasteiger partial charge in [-0.25, -0.2) is 0 Å². The second kappa shape index (κ2) is 7.50. The number of hydrogen-bond donors (Lipinski definition) is 0. The maximum Gasteiger partial charge on any atom is 0.123 e. The molecule has 0 aromatic heterocycles. The number of ether oxygens (including phenoxy) is 2. The highest BCUT2D eigenvalue weighted by Gasteiger charge is 2.17. The summed E-state index contributed by atoms with van der Waals surface area (Å²) in [5, 5.41) is 0. The van der Waals surface area contributed by atoms with Crippen molar-refractivity contribution in [3.63, 3.8) is 0 Å². The molecular formula is C16H26N2O2. The Morgan fingerprint density at radius 3 is 2.30 bits per heavy atom. The fraction of sp³-hybridized carbons (Fsp3) is 0.625. The lowest BCUT2D eigenvalue weighted by molar-refractivity contribution is 0.126. The predicted molar refractivity (Wildman–Crippen MR) is 81.6 cm³/mol. The largest absolute Gasteiger partial charge is 0.497 e. The summed E-state index contributed by atoms with van der Waals surface area (Å²) < 4.78 is 10.8. The normalized spacial score (nSPS) is 17.1. The van der Waals surface area contributed by atoms with Crippen LogP contribution in [-0.2, 0) is 6.54 Å². The van der Waals surface area contributed by atoms with Crippen molar-refractivity contribution < 1.29 is 9.47 Å². The SMILES string of the molecule is CCCN1CCN(Cc2cc(OC)ccc2OC)CC1. The highest BCUT2D eigenvalue weighted by atomic mass is 16.5. The highest BCUT2D eigenvalue weighted by Crippen LogP contribution is 2.25. The number of benzene rings is 1. The van der Waals surface area contributed by atoms with Crippen LogP contribution in [0.2, 0.25) is 0 Å². The van der Waals surface area contributed by atoms with Crippen LogP contribution in [-0.4, -0.2) is 56.7 Å². The maximum atomic E-state index is 5.45. The third-order valence-electron chi connectivity index (χ3n) is 3.89. The van der Waals surface area contributed by atoms with E-state index in [4.69, 9.17) is 9.47 Å². The van der Waals surface area contributed by atoms with Crippen LogP contribution in [0.15, 0.2) is 18.2 Å². The summed E-state index contributed by atoms with van der Waals surface area (Å²) in [6, 6.07) is 6.01. The van der Waals surface area contributed by atoms with Gasteiger partial charge in [-0.15, -0.1) is 0 Å². The van der Waals surface area contributed by atoms with E-state index >= 15 is 0 Å². The first kappa shape index (κ1) is 15.1. The van der Waals surface area contributed by atoms with Crippen molar-refractivity contribution in [2.24, 2.45) is 0 Å². The minimum atomic E-state index is 0.894. The number of nitrogens with zero attached hydrogens (tertiary/aromatic N) is 2. The first-order valence-corrected chi connectivity index (χ1v) is 7.42. The Hall–Kier alpha value is -1.26. The minimum absolute atomic E-state index is 0.894. The Kier molecular flexibility index (Phi) is 5.68. The molecule has 0 unspecified atom stereocenters. The van der Waals surface area contributed by atoms with Crippen LogP contribution in [0, 0.1) is 0 Å². The summed E-state index contributed by atoms with van der Waals surface area (Å²) >= 11 is 0. The Labute approximate surface area is 122 Å². The van der Waals surface area contributed by atoms with Gasteiger partial charge in [-0.2, -0.15) is 0 Å². The van der Waals surface area contributed by atoms with Gasteiger partial charge >= 0.3 is 0 Å². The zero-order valence-corrected chi connectivity index (χ0v) is 12.9. The van der Waals surface area contributed by atoms with Gasteiger partial charge in [0.25, 0.3) is 0 Å². The molecule has 0 atom stereocenters. The summed E-state index contributed by atoms with van der Waals surface area (Å²) in [6.45, 7) is 8.98. The summed E-state index contributed by atoms with van der Waals surface area (Å²) in [7, 11) is 3.43. The average molecular weight is 278 g/mol. The molecule has 4 nitrogen and oxygen atoms in total. The molecule has 0 radical (unpaired) electrons. The van der Waals surface area contributed by atoms with Gasteiger partial charge in [-0.05, 0) is 31.2 Å². The second-order valence-electron chi connectivity index (χ2n) is 5.30. The number of piperazine rings is 1. The molecule has 1 heterocycles. The molecule has 112 valence electrons. The van der Waals surface area contributed by atoms with Crippen molar-refractivity contribution >= 4 is 0 Å². The molecule has 4 heteroatoms. The zero-order chi connectivity index (χ0) is 14.4. The molecule has 0 spiro atoms. The molecule has 1 fully saturated rings. The number of rotatable bonds is 6. The van der Waals surface area contributed by atoms with Gasteiger partial charge in [-0.1, -0.05) is 6.92 Å². The third kappa shape index (κ3) is 3.87. The fourth-order valence-electron chi connectivity index (χ4n) is 2.73. The smallest absolute Gasteiger partial charge is 0.123 e. The number of hydrogen-bond acceptors (Lipinski definition) is 4. The molecule has 0 amide bonds. The van der Waals surface area contributed by atoms with E-state index in [1.165, 1.54) is 31.6 Å². The molecule has 1 aliphatic rings. The maximum absolute atomic E-state index is 5.45. The minimum Gasteiger partial charge on any atom is -0.497 e. The molecule has 0 bridgehead atoms. The average Bonchev–Trinajstić information content (AvgIpc) is 2.49. The predicted octanol–water partition coefficient (Wildman–Crippen LogP) is 2.23. The van der Waals surface area contributed by atoms with Crippen LogP contribution >= 0.6 is 0 Å². The van der Waals surface area contributed by atoms with E-state index in [1.54, 1.807) is 14.2 Å². The van der Waals surface area contributed by atoms with Crippen LogP contribution in [0.25, 0.3) is 0 Å². The van der Waals surface area contributed by atoms with E-state index in [0.717, 1.165) is 31.1 Å². The van der Waals surface area contributed by atoms with E-state index in [-0.39, 0.29) is 0 Å². The van der Waals surface area contributed by atoms with Gasteiger partial charge in [0.2, 0.25) is 0 Å². The van der Waals surface area contributed by atoms with Crippen molar-refractivity contribution in [1.82, 2.24) is 9.80 Å². The Balaban J connectivity index is 1.96. The van der Waals surface area contributed by atoms with Crippen LogP contribution in [0.3, 0.4) is 0 Å². The molecule has 1 aliphatic heterocycles. The van der Waals surface area contributed by atoms with Crippen LogP contribution in [0.4, 0.5) is 0 Å². The van der Waals surface area contributed by atoms with E-state index in [1.807, 2.05) is 12.1 Å². The molecule has 1 saturated heterocycles. The molecule has 0 saturated carbocycles. The summed E-state index contributed by atoms with van der Waals surface area (Å²) in [5.74, 6) is 1.84. The Morgan fingerprint density at radius 1 is 1.00 bits per heavy atom. The lowest BCUT2D eigenvalue weighted by Crippen LogP contribution is -2.46.